The van der Waals surface area contributed by atoms with Crippen LogP contribution in [0.25, 0.3) is 0 Å². The van der Waals surface area contributed by atoms with Gasteiger partial charge >= 0.3 is 24.1 Å². The van der Waals surface area contributed by atoms with E-state index in [9.17, 15) is 47.7 Å². The minimum atomic E-state index is -4.73. The fraction of sp³-hybridized carbons (Fsp3) is 0.769. The Morgan fingerprint density at radius 3 is 2.45 bits per heavy atom. The Kier molecular flexibility index (Phi) is 6.50. The van der Waals surface area contributed by atoms with Crippen molar-refractivity contribution in [3.63, 3.8) is 0 Å². The van der Waals surface area contributed by atoms with Gasteiger partial charge in [-0.15, -0.1) is 0 Å². The van der Waals surface area contributed by atoms with E-state index in [1.165, 1.54) is 6.08 Å². The van der Waals surface area contributed by atoms with Crippen LogP contribution in [0.4, 0.5) is 13.2 Å². The average Bonchev–Trinajstić information content (AvgIpc) is 3.17. The van der Waals surface area contributed by atoms with Crippen LogP contribution in [-0.4, -0.2) is 95.0 Å². The molecule has 2 saturated carbocycles. The van der Waals surface area contributed by atoms with Crippen LogP contribution in [0.15, 0.2) is 11.6 Å². The van der Waals surface area contributed by atoms with Gasteiger partial charge in [0.05, 0.1) is 38.1 Å². The highest BCUT2D eigenvalue weighted by Gasteiger charge is 2.85. The number of esters is 3. The molecule has 222 valence electrons. The number of alkyl halides is 3. The third-order valence-corrected chi connectivity index (χ3v) is 10.1. The molecular weight excluding hydrogens is 545 g/mol. The first-order chi connectivity index (χ1) is 18.5. The van der Waals surface area contributed by atoms with Crippen molar-refractivity contribution in [3.8, 4) is 0 Å². The van der Waals surface area contributed by atoms with Gasteiger partial charge in [-0.25, -0.2) is 9.59 Å². The van der Waals surface area contributed by atoms with E-state index in [-0.39, 0.29) is 6.42 Å². The number of allylic oxidation sites excluding steroid dienone is 1. The van der Waals surface area contributed by atoms with Crippen LogP contribution in [0.5, 0.6) is 0 Å². The summed E-state index contributed by atoms with van der Waals surface area (Å²) in [7, 11) is 0.969. The standard InChI is InChI=1S/C26H31F3O11/c1-9-5-12(30)19(33)23(3)11(9)7-13-24-8-38-25(22(36)37-4,20(34)15(32)17(23)24)18(24)16(21(35)39-13)40-14(31)6-10(2)26(27,28)29/h5,10-11,13,15-20,32-34H,6-8H2,1-4H3/t10?,11-,13+,15+,16+,17+,18+,19+,20-,23-,24+,25-/m0/s1. The van der Waals surface area contributed by atoms with Crippen LogP contribution >= 0.6 is 0 Å². The van der Waals surface area contributed by atoms with Crippen molar-refractivity contribution in [3.05, 3.63) is 11.6 Å². The lowest BCUT2D eigenvalue weighted by atomic mass is 9.38. The van der Waals surface area contributed by atoms with E-state index >= 15 is 0 Å². The predicted molar refractivity (Wildman–Crippen MR) is 123 cm³/mol. The zero-order valence-electron chi connectivity index (χ0n) is 22.1. The maximum absolute atomic E-state index is 13.4. The molecule has 0 aromatic rings. The summed E-state index contributed by atoms with van der Waals surface area (Å²) in [6, 6.07) is 0. The fourth-order valence-electron chi connectivity index (χ4n) is 8.37. The molecule has 11 nitrogen and oxygen atoms in total. The van der Waals surface area contributed by atoms with Crippen molar-refractivity contribution in [2.75, 3.05) is 13.7 Å². The number of aliphatic hydroxyl groups excluding tert-OH is 3. The summed E-state index contributed by atoms with van der Waals surface area (Å²) in [6.45, 7) is 3.51. The number of halogens is 3. The third kappa shape index (κ3) is 3.45. The Morgan fingerprint density at radius 2 is 1.85 bits per heavy atom. The van der Waals surface area contributed by atoms with Crippen molar-refractivity contribution in [1.82, 2.24) is 0 Å². The molecule has 2 heterocycles. The number of fused-ring (bicyclic) bond motifs is 2. The predicted octanol–water partition coefficient (Wildman–Crippen LogP) is 0.224. The summed E-state index contributed by atoms with van der Waals surface area (Å²) >= 11 is 0. The van der Waals surface area contributed by atoms with Crippen LogP contribution in [0.3, 0.4) is 0 Å². The lowest BCUT2D eigenvalue weighted by molar-refractivity contribution is -0.298. The maximum atomic E-state index is 13.4. The first-order valence-electron chi connectivity index (χ1n) is 12.9. The number of carbonyl (C=O) groups is 4. The molecule has 3 N–H and O–H groups in total. The van der Waals surface area contributed by atoms with Gasteiger partial charge in [-0.3, -0.25) is 9.59 Å². The zero-order valence-corrected chi connectivity index (χ0v) is 22.1. The first-order valence-corrected chi connectivity index (χ1v) is 12.9. The van der Waals surface area contributed by atoms with Gasteiger partial charge in [0, 0.05) is 16.7 Å². The molecule has 0 radical (unpaired) electrons. The zero-order chi connectivity index (χ0) is 29.7. The Labute approximate surface area is 226 Å². The van der Waals surface area contributed by atoms with E-state index in [0.29, 0.717) is 5.57 Å². The first kappa shape index (κ1) is 29.0. The summed E-state index contributed by atoms with van der Waals surface area (Å²) in [5.41, 5.74) is -5.00. The molecular formula is C26H31F3O11. The second-order valence-electron chi connectivity index (χ2n) is 11.9. The van der Waals surface area contributed by atoms with E-state index in [4.69, 9.17) is 18.9 Å². The average molecular weight is 577 g/mol. The van der Waals surface area contributed by atoms with Gasteiger partial charge in [-0.1, -0.05) is 19.4 Å². The van der Waals surface area contributed by atoms with E-state index in [1.54, 1.807) is 13.8 Å². The number of carbonyl (C=O) groups excluding carboxylic acids is 4. The van der Waals surface area contributed by atoms with Gasteiger partial charge < -0.3 is 34.3 Å². The smallest absolute Gasteiger partial charge is 0.392 e. The molecule has 2 aliphatic heterocycles. The monoisotopic (exact) mass is 576 g/mol. The highest BCUT2D eigenvalue weighted by Crippen LogP contribution is 2.72. The van der Waals surface area contributed by atoms with E-state index in [0.717, 1.165) is 14.0 Å². The Hall–Kier alpha value is -2.55. The molecule has 0 amide bonds. The summed E-state index contributed by atoms with van der Waals surface area (Å²) in [5.74, 6) is -10.0. The number of methoxy groups -OCH3 is 1. The van der Waals surface area contributed by atoms with Crippen molar-refractivity contribution in [2.24, 2.45) is 34.5 Å². The van der Waals surface area contributed by atoms with Gasteiger partial charge in [0.25, 0.3) is 0 Å². The van der Waals surface area contributed by atoms with Crippen LogP contribution in [0.2, 0.25) is 0 Å². The maximum Gasteiger partial charge on any atom is 0.392 e. The van der Waals surface area contributed by atoms with Crippen molar-refractivity contribution < 1.29 is 66.6 Å². The van der Waals surface area contributed by atoms with Gasteiger partial charge in [0.2, 0.25) is 11.7 Å². The highest BCUT2D eigenvalue weighted by atomic mass is 19.4. The topological polar surface area (TPSA) is 166 Å². The molecule has 1 unspecified atom stereocenters. The number of hydrogen-bond donors (Lipinski definition) is 3. The van der Waals surface area contributed by atoms with Crippen LogP contribution in [0, 0.1) is 34.5 Å². The number of ether oxygens (including phenoxy) is 4. The summed E-state index contributed by atoms with van der Waals surface area (Å²) in [5, 5.41) is 34.3. The highest BCUT2D eigenvalue weighted by molar-refractivity contribution is 5.96. The van der Waals surface area contributed by atoms with Gasteiger partial charge in [-0.2, -0.15) is 13.2 Å². The number of hydrogen-bond acceptors (Lipinski definition) is 11. The molecule has 40 heavy (non-hydrogen) atoms. The molecule has 3 aliphatic carbocycles. The van der Waals surface area contributed by atoms with Gasteiger partial charge in [0.1, 0.15) is 18.3 Å². The number of rotatable bonds is 4. The molecule has 5 rings (SSSR count). The molecule has 4 fully saturated rings. The second-order valence-corrected chi connectivity index (χ2v) is 11.9. The molecule has 12 atom stereocenters. The summed E-state index contributed by atoms with van der Waals surface area (Å²) in [6.07, 6.45) is -13.3. The molecule has 0 aromatic heterocycles. The molecule has 5 aliphatic rings. The summed E-state index contributed by atoms with van der Waals surface area (Å²) < 4.78 is 61.2. The number of aliphatic hydroxyl groups is 3. The molecule has 14 heteroatoms. The van der Waals surface area contributed by atoms with Crippen LogP contribution < -0.4 is 0 Å². The minimum absolute atomic E-state index is 0.0249. The quantitative estimate of drug-likeness (QED) is 0.310. The molecule has 0 aromatic carbocycles. The second kappa shape index (κ2) is 8.97. The molecule has 2 bridgehead atoms. The fourth-order valence-corrected chi connectivity index (χ4v) is 8.37. The largest absolute Gasteiger partial charge is 0.467 e. The van der Waals surface area contributed by atoms with E-state index < -0.39 is 114 Å². The minimum Gasteiger partial charge on any atom is -0.467 e. The van der Waals surface area contributed by atoms with E-state index in [2.05, 4.69) is 0 Å². The van der Waals surface area contributed by atoms with Gasteiger partial charge in [0.15, 0.2) is 5.78 Å². The van der Waals surface area contributed by atoms with Crippen molar-refractivity contribution >= 4 is 23.7 Å². The third-order valence-electron chi connectivity index (χ3n) is 10.1. The Morgan fingerprint density at radius 1 is 1.20 bits per heavy atom. The van der Waals surface area contributed by atoms with Crippen molar-refractivity contribution in [2.45, 2.75) is 75.9 Å². The molecule has 2 saturated heterocycles. The van der Waals surface area contributed by atoms with Crippen LogP contribution in [-0.2, 0) is 38.1 Å². The molecule has 1 spiro atoms. The SMILES string of the molecule is COC(=O)[C@@]12OC[C@]34[C@H]([C@@H](O)[C@@H]1O)[C@@]1(C)[C@H](O)C(=O)C=C(C)[C@@H]1C[C@H]3OC(=O)[C@H](OC(=O)CC(C)C(F)(F)F)[C@@H]24. The summed E-state index contributed by atoms with van der Waals surface area (Å²) in [4.78, 5) is 52.2. The Balaban J connectivity index is 1.67. The van der Waals surface area contributed by atoms with Crippen molar-refractivity contribution in [1.29, 1.82) is 0 Å². The van der Waals surface area contributed by atoms with Gasteiger partial charge in [-0.05, 0) is 25.3 Å². The van der Waals surface area contributed by atoms with E-state index in [1.807, 2.05) is 0 Å². The lowest BCUT2D eigenvalue weighted by Gasteiger charge is -2.67. The normalized spacial score (nSPS) is 46.4. The lowest BCUT2D eigenvalue weighted by Crippen LogP contribution is -2.80. The van der Waals surface area contributed by atoms with Crippen LogP contribution in [0.1, 0.15) is 33.6 Å². The Bertz CT molecular complexity index is 1180. The number of ketones is 1.